The Morgan fingerprint density at radius 3 is 2.68 bits per heavy atom. The average Bonchev–Trinajstić information content (AvgIpc) is 3.25. The van der Waals surface area contributed by atoms with Gasteiger partial charge in [0.2, 0.25) is 5.91 Å². The molecule has 1 aliphatic rings. The summed E-state index contributed by atoms with van der Waals surface area (Å²) in [4.78, 5) is 33.4. The Hall–Kier alpha value is -3.15. The highest BCUT2D eigenvalue weighted by atomic mass is 16.2. The number of hydrogen-bond acceptors (Lipinski definition) is 3. The summed E-state index contributed by atoms with van der Waals surface area (Å²) < 4.78 is 0. The molecule has 25 heavy (non-hydrogen) atoms. The van der Waals surface area contributed by atoms with Crippen LogP contribution in [0.4, 0.5) is 5.69 Å². The highest BCUT2D eigenvalue weighted by Crippen LogP contribution is 2.21. The molecule has 0 bridgehead atoms. The molecule has 1 aromatic heterocycles. The van der Waals surface area contributed by atoms with Gasteiger partial charge in [-0.3, -0.25) is 9.59 Å². The molecule has 3 aromatic rings. The zero-order valence-corrected chi connectivity index (χ0v) is 13.7. The van der Waals surface area contributed by atoms with Gasteiger partial charge in [0, 0.05) is 24.2 Å². The molecule has 1 fully saturated rings. The van der Waals surface area contributed by atoms with Crippen molar-refractivity contribution >= 4 is 28.5 Å². The number of nitrogens with one attached hydrogen (secondary N) is 2. The summed E-state index contributed by atoms with van der Waals surface area (Å²) in [5.74, 6) is 0.690. The SMILES string of the molecule is O=C(NCc1nc2ccccc2[nH]1)c1ccc(N2CCCC2=O)cc1. The third-order valence-corrected chi connectivity index (χ3v) is 4.37. The number of amides is 2. The van der Waals surface area contributed by atoms with Crippen molar-refractivity contribution in [1.82, 2.24) is 15.3 Å². The first-order valence-corrected chi connectivity index (χ1v) is 8.33. The van der Waals surface area contributed by atoms with E-state index in [4.69, 9.17) is 0 Å². The predicted octanol–water partition coefficient (Wildman–Crippen LogP) is 2.62. The maximum absolute atomic E-state index is 12.3. The van der Waals surface area contributed by atoms with Crippen LogP contribution in [0.3, 0.4) is 0 Å². The number of anilines is 1. The van der Waals surface area contributed by atoms with Crippen molar-refractivity contribution in [3.05, 3.63) is 59.9 Å². The summed E-state index contributed by atoms with van der Waals surface area (Å²) in [6, 6.07) is 14.9. The Bertz CT molecular complexity index is 897. The van der Waals surface area contributed by atoms with Gasteiger partial charge in [0.05, 0.1) is 17.6 Å². The number of rotatable bonds is 4. The Balaban J connectivity index is 1.41. The molecule has 0 atom stereocenters. The van der Waals surface area contributed by atoms with Gasteiger partial charge in [0.15, 0.2) is 0 Å². The quantitative estimate of drug-likeness (QED) is 0.770. The van der Waals surface area contributed by atoms with Crippen molar-refractivity contribution in [1.29, 1.82) is 0 Å². The van der Waals surface area contributed by atoms with E-state index in [1.165, 1.54) is 0 Å². The molecule has 6 nitrogen and oxygen atoms in total. The minimum absolute atomic E-state index is 0.141. The molecule has 126 valence electrons. The number of nitrogens with zero attached hydrogens (tertiary/aromatic N) is 2. The van der Waals surface area contributed by atoms with Gasteiger partial charge in [0.25, 0.3) is 5.91 Å². The van der Waals surface area contributed by atoms with E-state index in [1.807, 2.05) is 36.4 Å². The number of carbonyl (C=O) groups excluding carboxylic acids is 2. The Morgan fingerprint density at radius 2 is 1.96 bits per heavy atom. The Kier molecular flexibility index (Phi) is 3.93. The Morgan fingerprint density at radius 1 is 1.16 bits per heavy atom. The van der Waals surface area contributed by atoms with Gasteiger partial charge in [-0.15, -0.1) is 0 Å². The molecule has 0 unspecified atom stereocenters. The second-order valence-corrected chi connectivity index (χ2v) is 6.08. The summed E-state index contributed by atoms with van der Waals surface area (Å²) in [5.41, 5.74) is 3.24. The van der Waals surface area contributed by atoms with Crippen molar-refractivity contribution in [2.45, 2.75) is 19.4 Å². The number of aromatic nitrogens is 2. The monoisotopic (exact) mass is 334 g/mol. The van der Waals surface area contributed by atoms with E-state index in [-0.39, 0.29) is 11.8 Å². The maximum Gasteiger partial charge on any atom is 0.251 e. The first kappa shape index (κ1) is 15.4. The molecular formula is C19H18N4O2. The van der Waals surface area contributed by atoms with E-state index in [1.54, 1.807) is 17.0 Å². The van der Waals surface area contributed by atoms with Crippen molar-refractivity contribution in [2.75, 3.05) is 11.4 Å². The van der Waals surface area contributed by atoms with Gasteiger partial charge in [-0.1, -0.05) is 12.1 Å². The van der Waals surface area contributed by atoms with Crippen molar-refractivity contribution in [2.24, 2.45) is 0 Å². The van der Waals surface area contributed by atoms with Crippen LogP contribution >= 0.6 is 0 Å². The van der Waals surface area contributed by atoms with Gasteiger partial charge in [-0.2, -0.15) is 0 Å². The molecule has 2 aromatic carbocycles. The third kappa shape index (κ3) is 3.10. The number of imidazole rings is 1. The number of hydrogen-bond donors (Lipinski definition) is 2. The first-order chi connectivity index (χ1) is 12.2. The molecule has 1 saturated heterocycles. The van der Waals surface area contributed by atoms with Crippen LogP contribution in [0.5, 0.6) is 0 Å². The number of carbonyl (C=O) groups is 2. The molecule has 1 aliphatic heterocycles. The molecule has 2 heterocycles. The molecule has 6 heteroatoms. The number of H-pyrrole nitrogens is 1. The maximum atomic E-state index is 12.3. The lowest BCUT2D eigenvalue weighted by Crippen LogP contribution is -2.25. The normalized spacial score (nSPS) is 14.2. The molecule has 0 aliphatic carbocycles. The van der Waals surface area contributed by atoms with Crippen LogP contribution in [0.15, 0.2) is 48.5 Å². The van der Waals surface area contributed by atoms with Gasteiger partial charge >= 0.3 is 0 Å². The van der Waals surface area contributed by atoms with Crippen LogP contribution < -0.4 is 10.2 Å². The van der Waals surface area contributed by atoms with E-state index in [0.29, 0.717) is 24.4 Å². The molecule has 0 saturated carbocycles. The topological polar surface area (TPSA) is 78.1 Å². The summed E-state index contributed by atoms with van der Waals surface area (Å²) in [6.07, 6.45) is 1.48. The molecule has 0 radical (unpaired) electrons. The molecule has 4 rings (SSSR count). The lowest BCUT2D eigenvalue weighted by atomic mass is 10.2. The molecule has 2 N–H and O–H groups in total. The predicted molar refractivity (Wildman–Crippen MR) is 95.3 cm³/mol. The standard InChI is InChI=1S/C19H18N4O2/c24-18-6-3-11-23(18)14-9-7-13(8-10-14)19(25)20-12-17-21-15-4-1-2-5-16(15)22-17/h1-2,4-5,7-10H,3,6,11-12H2,(H,20,25)(H,21,22). The van der Waals surface area contributed by atoms with Crippen LogP contribution in [0.25, 0.3) is 11.0 Å². The fourth-order valence-corrected chi connectivity index (χ4v) is 3.07. The largest absolute Gasteiger partial charge is 0.345 e. The summed E-state index contributed by atoms with van der Waals surface area (Å²) >= 11 is 0. The van der Waals surface area contributed by atoms with Gasteiger partial charge in [-0.25, -0.2) is 4.98 Å². The highest BCUT2D eigenvalue weighted by Gasteiger charge is 2.21. The van der Waals surface area contributed by atoms with Crippen LogP contribution in [0.2, 0.25) is 0 Å². The summed E-state index contributed by atoms with van der Waals surface area (Å²) in [5, 5.41) is 2.86. The minimum atomic E-state index is -0.167. The smallest absolute Gasteiger partial charge is 0.251 e. The van der Waals surface area contributed by atoms with Crippen LogP contribution in [-0.4, -0.2) is 28.3 Å². The van der Waals surface area contributed by atoms with Gasteiger partial charge in [0.1, 0.15) is 5.82 Å². The second kappa shape index (κ2) is 6.39. The van der Waals surface area contributed by atoms with Gasteiger partial charge < -0.3 is 15.2 Å². The average molecular weight is 334 g/mol. The highest BCUT2D eigenvalue weighted by molar-refractivity contribution is 5.97. The van der Waals surface area contributed by atoms with E-state index in [0.717, 1.165) is 29.7 Å². The fraction of sp³-hybridized carbons (Fsp3) is 0.211. The van der Waals surface area contributed by atoms with Crippen LogP contribution in [0, 0.1) is 0 Å². The third-order valence-electron chi connectivity index (χ3n) is 4.37. The zero-order valence-electron chi connectivity index (χ0n) is 13.7. The van der Waals surface area contributed by atoms with Gasteiger partial charge in [-0.05, 0) is 42.8 Å². The van der Waals surface area contributed by atoms with Crippen molar-refractivity contribution < 1.29 is 9.59 Å². The minimum Gasteiger partial charge on any atom is -0.345 e. The fourth-order valence-electron chi connectivity index (χ4n) is 3.07. The number of fused-ring (bicyclic) bond motifs is 1. The Labute approximate surface area is 144 Å². The molecular weight excluding hydrogens is 316 g/mol. The zero-order chi connectivity index (χ0) is 17.2. The lowest BCUT2D eigenvalue weighted by Gasteiger charge is -2.15. The van der Waals surface area contributed by atoms with E-state index in [2.05, 4.69) is 15.3 Å². The molecule has 2 amide bonds. The second-order valence-electron chi connectivity index (χ2n) is 6.08. The summed E-state index contributed by atoms with van der Waals surface area (Å²) in [7, 11) is 0. The van der Waals surface area contributed by atoms with Crippen molar-refractivity contribution in [3.8, 4) is 0 Å². The van der Waals surface area contributed by atoms with E-state index in [9.17, 15) is 9.59 Å². The van der Waals surface area contributed by atoms with E-state index >= 15 is 0 Å². The lowest BCUT2D eigenvalue weighted by molar-refractivity contribution is -0.117. The number of aromatic amines is 1. The number of benzene rings is 2. The van der Waals surface area contributed by atoms with Crippen LogP contribution in [-0.2, 0) is 11.3 Å². The van der Waals surface area contributed by atoms with E-state index < -0.39 is 0 Å². The number of para-hydroxylation sites is 2. The first-order valence-electron chi connectivity index (χ1n) is 8.33. The van der Waals surface area contributed by atoms with Crippen molar-refractivity contribution in [3.63, 3.8) is 0 Å². The molecule has 0 spiro atoms. The summed E-state index contributed by atoms with van der Waals surface area (Å²) in [6.45, 7) is 1.08. The van der Waals surface area contributed by atoms with Crippen LogP contribution in [0.1, 0.15) is 29.0 Å².